The van der Waals surface area contributed by atoms with Crippen LogP contribution in [0, 0.1) is 10.1 Å². The Morgan fingerprint density at radius 3 is 2.64 bits per heavy atom. The van der Waals surface area contributed by atoms with Gasteiger partial charge in [-0.05, 0) is 25.5 Å². The van der Waals surface area contributed by atoms with Crippen molar-refractivity contribution in [2.45, 2.75) is 19.9 Å². The van der Waals surface area contributed by atoms with E-state index in [1.165, 1.54) is 6.07 Å². The molecule has 25 heavy (non-hydrogen) atoms. The molecule has 1 atom stereocenters. The fourth-order valence-corrected chi connectivity index (χ4v) is 2.67. The number of amides is 2. The first kappa shape index (κ1) is 18.2. The third-order valence-electron chi connectivity index (χ3n) is 3.78. The number of ether oxygens (including phenoxy) is 1. The monoisotopic (exact) mass is 348 g/mol. The molecule has 0 unspecified atom stereocenters. The lowest BCUT2D eigenvalue weighted by molar-refractivity contribution is -0.384. The first-order valence-electron chi connectivity index (χ1n) is 7.67. The first-order chi connectivity index (χ1) is 11.8. The average molecular weight is 348 g/mol. The Bertz CT molecular complexity index is 757. The molecule has 2 rings (SSSR count). The van der Waals surface area contributed by atoms with Crippen LogP contribution in [-0.2, 0) is 9.53 Å². The van der Waals surface area contributed by atoms with Crippen LogP contribution < -0.4 is 15.5 Å². The lowest BCUT2D eigenvalue weighted by Crippen LogP contribution is -2.45. The number of nitro benzene ring substituents is 1. The minimum Gasteiger partial charge on any atom is -0.463 e. The van der Waals surface area contributed by atoms with Crippen LogP contribution >= 0.6 is 0 Å². The Hall–Kier alpha value is -3.10. The van der Waals surface area contributed by atoms with Gasteiger partial charge in [0.1, 0.15) is 5.69 Å². The molecule has 0 aliphatic carbocycles. The molecule has 0 aromatic heterocycles. The van der Waals surface area contributed by atoms with E-state index in [9.17, 15) is 19.7 Å². The van der Waals surface area contributed by atoms with E-state index in [1.54, 1.807) is 45.0 Å². The van der Waals surface area contributed by atoms with Crippen LogP contribution in [-0.4, -0.2) is 37.6 Å². The van der Waals surface area contributed by atoms with Crippen molar-refractivity contribution >= 4 is 23.4 Å². The second-order valence-electron chi connectivity index (χ2n) is 5.69. The number of anilines is 1. The summed E-state index contributed by atoms with van der Waals surface area (Å²) in [7, 11) is 3.39. The molecule has 9 nitrogen and oxygen atoms in total. The standard InChI is InChI=1S/C16H20N4O5/c1-5-25-15(21)13-9(2)17-16(22)18-14(13)10-6-7-11(19(3)4)12(8-10)20(23)24/h6-8,14H,5H2,1-4H3,(H2,17,18,22)/t14-/m1/s1. The Balaban J connectivity index is 2.55. The van der Waals surface area contributed by atoms with Crippen LogP contribution in [0.15, 0.2) is 29.5 Å². The second kappa shape index (κ2) is 7.20. The van der Waals surface area contributed by atoms with Crippen molar-refractivity contribution in [2.75, 3.05) is 25.6 Å². The summed E-state index contributed by atoms with van der Waals surface area (Å²) < 4.78 is 5.05. The molecule has 134 valence electrons. The summed E-state index contributed by atoms with van der Waals surface area (Å²) in [4.78, 5) is 36.6. The largest absolute Gasteiger partial charge is 0.463 e. The number of hydrogen-bond acceptors (Lipinski definition) is 6. The Morgan fingerprint density at radius 2 is 2.08 bits per heavy atom. The Labute approximate surface area is 144 Å². The van der Waals surface area contributed by atoms with Gasteiger partial charge in [-0.25, -0.2) is 9.59 Å². The highest BCUT2D eigenvalue weighted by molar-refractivity contribution is 5.95. The van der Waals surface area contributed by atoms with E-state index in [0.29, 0.717) is 16.9 Å². The van der Waals surface area contributed by atoms with Crippen molar-refractivity contribution in [1.82, 2.24) is 10.6 Å². The number of hydrogen-bond donors (Lipinski definition) is 2. The topological polar surface area (TPSA) is 114 Å². The predicted octanol–water partition coefficient (Wildman–Crippen LogP) is 1.85. The zero-order valence-corrected chi connectivity index (χ0v) is 14.5. The maximum absolute atomic E-state index is 12.3. The number of nitrogens with zero attached hydrogens (tertiary/aromatic N) is 2. The molecule has 0 spiro atoms. The van der Waals surface area contributed by atoms with Gasteiger partial charge in [-0.1, -0.05) is 6.07 Å². The summed E-state index contributed by atoms with van der Waals surface area (Å²) in [5.41, 5.74) is 1.30. The predicted molar refractivity (Wildman–Crippen MR) is 91.2 cm³/mol. The van der Waals surface area contributed by atoms with Crippen LogP contribution in [0.1, 0.15) is 25.5 Å². The van der Waals surface area contributed by atoms with Crippen LogP contribution in [0.3, 0.4) is 0 Å². The smallest absolute Gasteiger partial charge is 0.338 e. The molecule has 0 radical (unpaired) electrons. The Morgan fingerprint density at radius 1 is 1.40 bits per heavy atom. The van der Waals surface area contributed by atoms with Gasteiger partial charge in [0.2, 0.25) is 0 Å². The molecular formula is C16H20N4O5. The fraction of sp³-hybridized carbons (Fsp3) is 0.375. The van der Waals surface area contributed by atoms with Gasteiger partial charge < -0.3 is 20.3 Å². The van der Waals surface area contributed by atoms with Gasteiger partial charge >= 0.3 is 12.0 Å². The molecule has 9 heteroatoms. The number of carbonyl (C=O) groups excluding carboxylic acids is 2. The van der Waals surface area contributed by atoms with Crippen molar-refractivity contribution < 1.29 is 19.2 Å². The molecule has 0 bridgehead atoms. The molecule has 1 aliphatic rings. The van der Waals surface area contributed by atoms with Gasteiger partial charge in [-0.2, -0.15) is 0 Å². The van der Waals surface area contributed by atoms with Gasteiger partial charge in [-0.3, -0.25) is 10.1 Å². The maximum atomic E-state index is 12.3. The van der Waals surface area contributed by atoms with Gasteiger partial charge in [0.15, 0.2) is 0 Å². The molecule has 1 aromatic carbocycles. The minimum absolute atomic E-state index is 0.115. The van der Waals surface area contributed by atoms with Gasteiger partial charge in [0.25, 0.3) is 5.69 Å². The van der Waals surface area contributed by atoms with Gasteiger partial charge in [0, 0.05) is 25.9 Å². The van der Waals surface area contributed by atoms with Crippen molar-refractivity contribution in [3.8, 4) is 0 Å². The van der Waals surface area contributed by atoms with E-state index in [2.05, 4.69) is 10.6 Å². The maximum Gasteiger partial charge on any atom is 0.338 e. The molecule has 2 N–H and O–H groups in total. The molecule has 0 fully saturated rings. The normalized spacial score (nSPS) is 16.8. The SMILES string of the molecule is CCOC(=O)C1=C(C)NC(=O)N[C@@H]1c1ccc(N(C)C)c([N+](=O)[O-])c1. The fourth-order valence-electron chi connectivity index (χ4n) is 2.67. The molecule has 2 amide bonds. The lowest BCUT2D eigenvalue weighted by atomic mass is 9.95. The number of allylic oxidation sites excluding steroid dienone is 1. The number of esters is 1. The number of benzene rings is 1. The molecule has 1 aromatic rings. The average Bonchev–Trinajstić information content (AvgIpc) is 2.53. The van der Waals surface area contributed by atoms with Crippen molar-refractivity contribution in [3.63, 3.8) is 0 Å². The van der Waals surface area contributed by atoms with E-state index in [1.807, 2.05) is 0 Å². The number of urea groups is 1. The summed E-state index contributed by atoms with van der Waals surface area (Å²) in [6.45, 7) is 3.44. The zero-order chi connectivity index (χ0) is 18.7. The lowest BCUT2D eigenvalue weighted by Gasteiger charge is -2.28. The second-order valence-corrected chi connectivity index (χ2v) is 5.69. The molecule has 1 aliphatic heterocycles. The highest BCUT2D eigenvalue weighted by Gasteiger charge is 2.33. The summed E-state index contributed by atoms with van der Waals surface area (Å²) in [6.07, 6.45) is 0. The molecular weight excluding hydrogens is 328 g/mol. The third kappa shape index (κ3) is 3.70. The van der Waals surface area contributed by atoms with Crippen LogP contribution in [0.4, 0.5) is 16.2 Å². The third-order valence-corrected chi connectivity index (χ3v) is 3.78. The minimum atomic E-state index is -0.831. The highest BCUT2D eigenvalue weighted by Crippen LogP contribution is 2.34. The highest BCUT2D eigenvalue weighted by atomic mass is 16.6. The van der Waals surface area contributed by atoms with Crippen molar-refractivity contribution in [1.29, 1.82) is 0 Å². The summed E-state index contributed by atoms with van der Waals surface area (Å²) in [5, 5.41) is 16.5. The summed E-state index contributed by atoms with van der Waals surface area (Å²) in [6, 6.07) is 3.26. The summed E-state index contributed by atoms with van der Waals surface area (Å²) in [5.74, 6) is -0.586. The van der Waals surface area contributed by atoms with E-state index >= 15 is 0 Å². The van der Waals surface area contributed by atoms with Crippen LogP contribution in [0.5, 0.6) is 0 Å². The molecule has 0 saturated carbocycles. The van der Waals surface area contributed by atoms with E-state index in [0.717, 1.165) is 0 Å². The quantitative estimate of drug-likeness (QED) is 0.477. The van der Waals surface area contributed by atoms with Gasteiger partial charge in [0.05, 0.1) is 23.1 Å². The zero-order valence-electron chi connectivity index (χ0n) is 14.5. The molecule has 0 saturated heterocycles. The summed E-state index contributed by atoms with van der Waals surface area (Å²) >= 11 is 0. The number of nitro groups is 1. The number of rotatable bonds is 5. The van der Waals surface area contributed by atoms with E-state index in [4.69, 9.17) is 4.74 Å². The van der Waals surface area contributed by atoms with Crippen LogP contribution in [0.25, 0.3) is 0 Å². The van der Waals surface area contributed by atoms with E-state index < -0.39 is 23.0 Å². The van der Waals surface area contributed by atoms with Crippen LogP contribution in [0.2, 0.25) is 0 Å². The number of nitrogens with one attached hydrogen (secondary N) is 2. The van der Waals surface area contributed by atoms with Crippen molar-refractivity contribution in [3.05, 3.63) is 45.1 Å². The van der Waals surface area contributed by atoms with E-state index in [-0.39, 0.29) is 17.9 Å². The Kier molecular flexibility index (Phi) is 5.26. The molecule has 1 heterocycles. The number of carbonyl (C=O) groups is 2. The first-order valence-corrected chi connectivity index (χ1v) is 7.67. The van der Waals surface area contributed by atoms with Gasteiger partial charge in [-0.15, -0.1) is 0 Å². The van der Waals surface area contributed by atoms with Crippen molar-refractivity contribution in [2.24, 2.45) is 0 Å².